The number of aliphatic hydroxyl groups is 1. The van der Waals surface area contributed by atoms with Gasteiger partial charge in [0.1, 0.15) is 12.3 Å². The Morgan fingerprint density at radius 2 is 2.17 bits per heavy atom. The van der Waals surface area contributed by atoms with Crippen molar-refractivity contribution in [2.45, 2.75) is 38.7 Å². The van der Waals surface area contributed by atoms with Gasteiger partial charge in [-0.3, -0.25) is 14.6 Å². The van der Waals surface area contributed by atoms with Crippen LogP contribution in [0.3, 0.4) is 0 Å². The fourth-order valence-corrected chi connectivity index (χ4v) is 4.42. The van der Waals surface area contributed by atoms with Gasteiger partial charge in [-0.05, 0) is 56.6 Å². The van der Waals surface area contributed by atoms with Crippen LogP contribution in [0.25, 0.3) is 10.9 Å². The van der Waals surface area contributed by atoms with E-state index in [2.05, 4.69) is 15.3 Å². The lowest BCUT2D eigenvalue weighted by atomic mass is 9.90. The number of H-pyrrole nitrogens is 1. The van der Waals surface area contributed by atoms with Crippen LogP contribution in [0.5, 0.6) is 0 Å². The highest BCUT2D eigenvalue weighted by atomic mass is 16.5. The summed E-state index contributed by atoms with van der Waals surface area (Å²) in [5, 5.41) is 13.6. The lowest BCUT2D eigenvalue weighted by Crippen LogP contribution is -2.42. The van der Waals surface area contributed by atoms with Gasteiger partial charge in [-0.15, -0.1) is 0 Å². The SMILES string of the molecule is CC(C)(O)COCC(=O)N1CCC2(CC1)CC2CNC(=O)c1cc2cnccc2[nH]1. The van der Waals surface area contributed by atoms with Gasteiger partial charge in [0.15, 0.2) is 0 Å². The first-order valence-electron chi connectivity index (χ1n) is 10.5. The Balaban J connectivity index is 1.20. The molecule has 4 rings (SSSR count). The number of aromatic amines is 1. The molecule has 1 spiro atoms. The lowest BCUT2D eigenvalue weighted by molar-refractivity contribution is -0.140. The van der Waals surface area contributed by atoms with Crippen molar-refractivity contribution >= 4 is 22.7 Å². The molecule has 2 aromatic rings. The van der Waals surface area contributed by atoms with Gasteiger partial charge in [-0.2, -0.15) is 0 Å². The molecule has 3 heterocycles. The van der Waals surface area contributed by atoms with E-state index in [1.165, 1.54) is 0 Å². The van der Waals surface area contributed by atoms with Crippen LogP contribution in [0.15, 0.2) is 24.5 Å². The molecule has 0 aromatic carbocycles. The van der Waals surface area contributed by atoms with E-state index in [1.54, 1.807) is 26.2 Å². The summed E-state index contributed by atoms with van der Waals surface area (Å²) in [6, 6.07) is 3.68. The van der Waals surface area contributed by atoms with E-state index in [-0.39, 0.29) is 30.4 Å². The molecule has 1 atom stereocenters. The summed E-state index contributed by atoms with van der Waals surface area (Å²) in [7, 11) is 0. The lowest BCUT2D eigenvalue weighted by Gasteiger charge is -2.33. The smallest absolute Gasteiger partial charge is 0.267 e. The monoisotopic (exact) mass is 414 g/mol. The molecular formula is C22H30N4O4. The summed E-state index contributed by atoms with van der Waals surface area (Å²) < 4.78 is 5.34. The third kappa shape index (κ3) is 4.65. The van der Waals surface area contributed by atoms with E-state index in [4.69, 9.17) is 4.74 Å². The maximum Gasteiger partial charge on any atom is 0.267 e. The molecule has 30 heavy (non-hydrogen) atoms. The average molecular weight is 415 g/mol. The van der Waals surface area contributed by atoms with Crippen LogP contribution in [0.4, 0.5) is 0 Å². The van der Waals surface area contributed by atoms with E-state index in [1.807, 2.05) is 17.0 Å². The molecule has 1 aliphatic heterocycles. The number of aromatic nitrogens is 2. The number of hydrogen-bond donors (Lipinski definition) is 3. The number of nitrogens with one attached hydrogen (secondary N) is 2. The second kappa shape index (κ2) is 8.00. The second-order valence-corrected chi connectivity index (χ2v) is 9.31. The number of ether oxygens (including phenoxy) is 1. The number of nitrogens with zero attached hydrogens (tertiary/aromatic N) is 2. The fraction of sp³-hybridized carbons (Fsp3) is 0.591. The van der Waals surface area contributed by atoms with Crippen LogP contribution in [0.1, 0.15) is 43.6 Å². The normalized spacial score (nSPS) is 20.5. The highest BCUT2D eigenvalue weighted by Crippen LogP contribution is 2.59. The first-order chi connectivity index (χ1) is 14.3. The van der Waals surface area contributed by atoms with Crippen molar-refractivity contribution in [3.8, 4) is 0 Å². The molecule has 1 unspecified atom stereocenters. The molecular weight excluding hydrogens is 384 g/mol. The third-order valence-corrected chi connectivity index (χ3v) is 6.33. The van der Waals surface area contributed by atoms with Crippen molar-refractivity contribution in [1.29, 1.82) is 0 Å². The summed E-state index contributed by atoms with van der Waals surface area (Å²) in [5.74, 6) is 0.355. The van der Waals surface area contributed by atoms with Crippen molar-refractivity contribution in [1.82, 2.24) is 20.2 Å². The Morgan fingerprint density at radius 3 is 2.87 bits per heavy atom. The van der Waals surface area contributed by atoms with E-state index < -0.39 is 5.60 Å². The minimum Gasteiger partial charge on any atom is -0.388 e. The van der Waals surface area contributed by atoms with Gasteiger partial charge >= 0.3 is 0 Å². The quantitative estimate of drug-likeness (QED) is 0.639. The molecule has 0 bridgehead atoms. The Morgan fingerprint density at radius 1 is 1.40 bits per heavy atom. The first-order valence-corrected chi connectivity index (χ1v) is 10.5. The molecule has 2 aliphatic rings. The molecule has 1 saturated carbocycles. The molecule has 162 valence electrons. The number of carbonyl (C=O) groups is 2. The van der Waals surface area contributed by atoms with Crippen molar-refractivity contribution < 1.29 is 19.4 Å². The Bertz CT molecular complexity index is 892. The average Bonchev–Trinajstić information content (AvgIpc) is 3.18. The van der Waals surface area contributed by atoms with Crippen molar-refractivity contribution in [2.24, 2.45) is 11.3 Å². The Hall–Kier alpha value is -2.45. The number of amides is 2. The predicted octanol–water partition coefficient (Wildman–Crippen LogP) is 1.71. The largest absolute Gasteiger partial charge is 0.388 e. The molecule has 8 nitrogen and oxygen atoms in total. The summed E-state index contributed by atoms with van der Waals surface area (Å²) >= 11 is 0. The molecule has 2 fully saturated rings. The van der Waals surface area contributed by atoms with Gasteiger partial charge in [0.2, 0.25) is 5.91 Å². The summed E-state index contributed by atoms with van der Waals surface area (Å²) in [5.41, 5.74) is 0.782. The van der Waals surface area contributed by atoms with Crippen LogP contribution in [0, 0.1) is 11.3 Å². The summed E-state index contributed by atoms with van der Waals surface area (Å²) in [6.07, 6.45) is 6.46. The maximum atomic E-state index is 12.5. The molecule has 8 heteroatoms. The van der Waals surface area contributed by atoms with Crippen molar-refractivity contribution in [2.75, 3.05) is 32.8 Å². The number of rotatable bonds is 7. The van der Waals surface area contributed by atoms with E-state index in [0.717, 1.165) is 43.3 Å². The number of fused-ring (bicyclic) bond motifs is 1. The number of carbonyl (C=O) groups excluding carboxylic acids is 2. The number of piperidine rings is 1. The number of hydrogen-bond acceptors (Lipinski definition) is 5. The highest BCUT2D eigenvalue weighted by molar-refractivity contribution is 5.97. The standard InChI is InChI=1S/C22H30N4O4/c1-21(2,29)14-30-13-19(27)26-7-4-22(5-8-26)10-16(22)12-24-20(28)18-9-15-11-23-6-3-17(15)25-18/h3,6,9,11,16,25,29H,4-5,7-8,10,12-14H2,1-2H3,(H,24,28). The van der Waals surface area contributed by atoms with Crippen molar-refractivity contribution in [3.63, 3.8) is 0 Å². The van der Waals surface area contributed by atoms with Gasteiger partial charge in [0, 0.05) is 42.9 Å². The molecule has 3 N–H and O–H groups in total. The van der Waals surface area contributed by atoms with Crippen molar-refractivity contribution in [3.05, 3.63) is 30.2 Å². The third-order valence-electron chi connectivity index (χ3n) is 6.33. The first kappa shape index (κ1) is 20.8. The van der Waals surface area contributed by atoms with Gasteiger partial charge < -0.3 is 25.0 Å². The molecule has 1 saturated heterocycles. The topological polar surface area (TPSA) is 108 Å². The van der Waals surface area contributed by atoms with Crippen LogP contribution >= 0.6 is 0 Å². The van der Waals surface area contributed by atoms with E-state index >= 15 is 0 Å². The highest BCUT2D eigenvalue weighted by Gasteiger charge is 2.54. The second-order valence-electron chi connectivity index (χ2n) is 9.31. The molecule has 0 radical (unpaired) electrons. The zero-order valence-electron chi connectivity index (χ0n) is 17.6. The Kier molecular flexibility index (Phi) is 5.55. The maximum absolute atomic E-state index is 12.5. The van der Waals surface area contributed by atoms with Crippen LogP contribution in [0.2, 0.25) is 0 Å². The van der Waals surface area contributed by atoms with Gasteiger partial charge in [0.05, 0.1) is 12.2 Å². The van der Waals surface area contributed by atoms with Crippen LogP contribution in [-0.2, 0) is 9.53 Å². The zero-order valence-corrected chi connectivity index (χ0v) is 17.6. The van der Waals surface area contributed by atoms with Gasteiger partial charge in [-0.25, -0.2) is 0 Å². The number of pyridine rings is 1. The minimum absolute atomic E-state index is 0.0104. The van der Waals surface area contributed by atoms with E-state index in [0.29, 0.717) is 18.2 Å². The number of likely N-dealkylation sites (tertiary alicyclic amines) is 1. The molecule has 2 aromatic heterocycles. The Labute approximate surface area is 176 Å². The molecule has 2 amide bonds. The molecule has 1 aliphatic carbocycles. The van der Waals surface area contributed by atoms with Crippen LogP contribution in [-0.4, -0.2) is 70.2 Å². The van der Waals surface area contributed by atoms with Gasteiger partial charge in [0.25, 0.3) is 5.91 Å². The van der Waals surface area contributed by atoms with Gasteiger partial charge in [-0.1, -0.05) is 0 Å². The summed E-state index contributed by atoms with van der Waals surface area (Å²) in [6.45, 7) is 5.58. The fourth-order valence-electron chi connectivity index (χ4n) is 4.42. The zero-order chi connectivity index (χ0) is 21.4. The summed E-state index contributed by atoms with van der Waals surface area (Å²) in [4.78, 5) is 33.8. The minimum atomic E-state index is -0.929. The predicted molar refractivity (Wildman–Crippen MR) is 112 cm³/mol. The van der Waals surface area contributed by atoms with E-state index in [9.17, 15) is 14.7 Å². The van der Waals surface area contributed by atoms with Crippen LogP contribution < -0.4 is 5.32 Å².